The van der Waals surface area contributed by atoms with Crippen molar-refractivity contribution in [2.24, 2.45) is 11.7 Å². The molecular formula is C9H13FN4O. The molecule has 0 atom stereocenters. The molecule has 0 fully saturated rings. The molecule has 0 aliphatic heterocycles. The number of nitrogens with zero attached hydrogens (tertiary/aromatic N) is 2. The summed E-state index contributed by atoms with van der Waals surface area (Å²) < 4.78 is 13.2. The Labute approximate surface area is 87.0 Å². The zero-order chi connectivity index (χ0) is 11.6. The fourth-order valence-corrected chi connectivity index (χ4v) is 1.13. The Hall–Kier alpha value is -1.66. The van der Waals surface area contributed by atoms with Crippen LogP contribution in [0.5, 0.6) is 0 Å². The van der Waals surface area contributed by atoms with Gasteiger partial charge in [0.2, 0.25) is 0 Å². The summed E-state index contributed by atoms with van der Waals surface area (Å²) in [5, 5.41) is 1.63. The number of urea groups is 1. The van der Waals surface area contributed by atoms with Crippen LogP contribution in [0.4, 0.5) is 14.9 Å². The van der Waals surface area contributed by atoms with E-state index in [1.165, 1.54) is 26.1 Å². The molecule has 0 spiro atoms. The lowest BCUT2D eigenvalue weighted by Crippen LogP contribution is -2.48. The molecule has 0 radical (unpaired) electrons. The maximum atomic E-state index is 13.2. The van der Waals surface area contributed by atoms with Gasteiger partial charge in [-0.2, -0.15) is 0 Å². The summed E-state index contributed by atoms with van der Waals surface area (Å²) in [5.41, 5.74) is 0.590. The second kappa shape index (κ2) is 4.24. The third-order valence-electron chi connectivity index (χ3n) is 2.01. The molecule has 1 rings (SSSR count). The van der Waals surface area contributed by atoms with Crippen LogP contribution in [-0.4, -0.2) is 18.1 Å². The minimum atomic E-state index is -0.622. The smallest absolute Gasteiger partial charge is 0.264 e. The molecule has 0 aliphatic carbocycles. The van der Waals surface area contributed by atoms with Crippen molar-refractivity contribution >= 4 is 11.7 Å². The van der Waals surface area contributed by atoms with E-state index >= 15 is 0 Å². The highest BCUT2D eigenvalue weighted by Crippen LogP contribution is 2.20. The third kappa shape index (κ3) is 2.23. The number of carbonyl (C=O) groups excluding carboxylic acids is 1. The van der Waals surface area contributed by atoms with E-state index in [-0.39, 0.29) is 5.69 Å². The Bertz CT molecular complexity index is 380. The Morgan fingerprint density at radius 3 is 2.53 bits per heavy atom. The van der Waals surface area contributed by atoms with Gasteiger partial charge in [0.1, 0.15) is 5.82 Å². The number of amides is 2. The molecule has 6 heteroatoms. The van der Waals surface area contributed by atoms with Crippen molar-refractivity contribution in [3.63, 3.8) is 0 Å². The predicted octanol–water partition coefficient (Wildman–Crippen LogP) is 0.740. The summed E-state index contributed by atoms with van der Waals surface area (Å²) in [6.45, 7) is 1.54. The largest absolute Gasteiger partial charge is 0.352 e. The molecule has 1 aromatic rings. The van der Waals surface area contributed by atoms with Crippen LogP contribution >= 0.6 is 0 Å². The van der Waals surface area contributed by atoms with E-state index in [9.17, 15) is 9.18 Å². The first-order chi connectivity index (χ1) is 6.95. The average molecular weight is 212 g/mol. The van der Waals surface area contributed by atoms with E-state index < -0.39 is 11.8 Å². The maximum Gasteiger partial charge on any atom is 0.352 e. The molecule has 0 heterocycles. The van der Waals surface area contributed by atoms with Crippen molar-refractivity contribution in [2.45, 2.75) is 6.92 Å². The van der Waals surface area contributed by atoms with Crippen LogP contribution in [0.3, 0.4) is 0 Å². The highest BCUT2D eigenvalue weighted by atomic mass is 19.1. The lowest BCUT2D eigenvalue weighted by molar-refractivity contribution is 0.216. The second-order valence-electron chi connectivity index (χ2n) is 3.15. The van der Waals surface area contributed by atoms with Gasteiger partial charge < -0.3 is 0 Å². The van der Waals surface area contributed by atoms with E-state index in [2.05, 4.69) is 0 Å². The number of benzene rings is 1. The molecule has 0 saturated heterocycles. The number of hydrogen-bond acceptors (Lipinski definition) is 3. The number of carbonyl (C=O) groups is 1. The molecule has 0 aromatic heterocycles. The third-order valence-corrected chi connectivity index (χ3v) is 2.01. The topological polar surface area (TPSA) is 75.6 Å². The van der Waals surface area contributed by atoms with Gasteiger partial charge in [0.15, 0.2) is 0 Å². The predicted molar refractivity (Wildman–Crippen MR) is 55.1 cm³/mol. The number of hydrogen-bond donors (Lipinski definition) is 2. The molecule has 0 aliphatic rings. The van der Waals surface area contributed by atoms with Gasteiger partial charge in [0, 0.05) is 12.6 Å². The molecule has 0 unspecified atom stereocenters. The first-order valence-electron chi connectivity index (χ1n) is 4.27. The van der Waals surface area contributed by atoms with Crippen molar-refractivity contribution in [1.82, 2.24) is 5.01 Å². The van der Waals surface area contributed by atoms with Crippen LogP contribution in [0.15, 0.2) is 18.2 Å². The Balaban J connectivity index is 3.06. The number of rotatable bonds is 1. The number of nitrogens with two attached hydrogens (primary N) is 2. The van der Waals surface area contributed by atoms with E-state index in [1.54, 1.807) is 6.07 Å². The average Bonchev–Trinajstić information content (AvgIpc) is 2.20. The van der Waals surface area contributed by atoms with Crippen LogP contribution in [-0.2, 0) is 0 Å². The molecule has 0 saturated carbocycles. The standard InChI is InChI=1S/C9H13FN4O/c1-6-7(10)4-3-5-8(6)14(12)9(15)13(2)11/h3-5H,11-12H2,1-2H3. The van der Waals surface area contributed by atoms with Gasteiger partial charge >= 0.3 is 6.03 Å². The Kier molecular flexibility index (Phi) is 3.23. The molecule has 2 amide bonds. The van der Waals surface area contributed by atoms with Gasteiger partial charge in [-0.3, -0.25) is 5.01 Å². The summed E-state index contributed by atoms with van der Waals surface area (Å²) in [5.74, 6) is 10.3. The fraction of sp³-hybridized carbons (Fsp3) is 0.222. The SMILES string of the molecule is Cc1c(F)cccc1N(N)C(=O)N(C)N. The van der Waals surface area contributed by atoms with E-state index in [1.807, 2.05) is 0 Å². The molecule has 5 nitrogen and oxygen atoms in total. The number of anilines is 1. The Morgan fingerprint density at radius 2 is 2.00 bits per heavy atom. The number of hydrazine groups is 2. The van der Waals surface area contributed by atoms with Crippen LogP contribution in [0, 0.1) is 12.7 Å². The highest BCUT2D eigenvalue weighted by Gasteiger charge is 2.17. The van der Waals surface area contributed by atoms with E-state index in [4.69, 9.17) is 11.7 Å². The fourth-order valence-electron chi connectivity index (χ4n) is 1.13. The maximum absolute atomic E-state index is 13.2. The molecule has 1 aromatic carbocycles. The van der Waals surface area contributed by atoms with Gasteiger partial charge in [-0.1, -0.05) is 6.07 Å². The minimum absolute atomic E-state index is 0.289. The molecule has 82 valence electrons. The van der Waals surface area contributed by atoms with Crippen LogP contribution in [0.2, 0.25) is 0 Å². The zero-order valence-electron chi connectivity index (χ0n) is 8.57. The summed E-state index contributed by atoms with van der Waals surface area (Å²) in [4.78, 5) is 11.4. The summed E-state index contributed by atoms with van der Waals surface area (Å²) in [6.07, 6.45) is 0. The van der Waals surface area contributed by atoms with Gasteiger partial charge in [-0.15, -0.1) is 0 Å². The highest BCUT2D eigenvalue weighted by molar-refractivity contribution is 5.91. The normalized spacial score (nSPS) is 9.93. The second-order valence-corrected chi connectivity index (χ2v) is 3.15. The van der Waals surface area contributed by atoms with E-state index in [0.29, 0.717) is 5.56 Å². The van der Waals surface area contributed by atoms with Crippen molar-refractivity contribution < 1.29 is 9.18 Å². The van der Waals surface area contributed by atoms with Gasteiger partial charge in [0.25, 0.3) is 0 Å². The van der Waals surface area contributed by atoms with Gasteiger partial charge in [0.05, 0.1) is 5.69 Å². The zero-order valence-corrected chi connectivity index (χ0v) is 8.57. The molecule has 4 N–H and O–H groups in total. The van der Waals surface area contributed by atoms with Crippen LogP contribution in [0.1, 0.15) is 5.56 Å². The van der Waals surface area contributed by atoms with Crippen LogP contribution < -0.4 is 16.7 Å². The Morgan fingerprint density at radius 1 is 1.40 bits per heavy atom. The monoisotopic (exact) mass is 212 g/mol. The summed E-state index contributed by atoms with van der Waals surface area (Å²) in [6, 6.07) is 3.69. The molecule has 0 bridgehead atoms. The minimum Gasteiger partial charge on any atom is -0.264 e. The van der Waals surface area contributed by atoms with Crippen molar-refractivity contribution in [3.8, 4) is 0 Å². The summed E-state index contributed by atoms with van der Waals surface area (Å²) >= 11 is 0. The van der Waals surface area contributed by atoms with Crippen molar-refractivity contribution in [1.29, 1.82) is 0 Å². The van der Waals surface area contributed by atoms with E-state index in [0.717, 1.165) is 10.0 Å². The first-order valence-corrected chi connectivity index (χ1v) is 4.27. The van der Waals surface area contributed by atoms with Crippen LogP contribution in [0.25, 0.3) is 0 Å². The lowest BCUT2D eigenvalue weighted by Gasteiger charge is -2.22. The van der Waals surface area contributed by atoms with Gasteiger partial charge in [-0.25, -0.2) is 25.9 Å². The van der Waals surface area contributed by atoms with Crippen molar-refractivity contribution in [2.75, 3.05) is 12.1 Å². The molecule has 15 heavy (non-hydrogen) atoms. The van der Waals surface area contributed by atoms with Crippen molar-refractivity contribution in [3.05, 3.63) is 29.6 Å². The van der Waals surface area contributed by atoms with Gasteiger partial charge in [-0.05, 0) is 19.1 Å². The lowest BCUT2D eigenvalue weighted by atomic mass is 10.2. The summed E-state index contributed by atoms with van der Waals surface area (Å²) in [7, 11) is 1.36. The first kappa shape index (κ1) is 11.4. The number of halogens is 1. The quantitative estimate of drug-likeness (QED) is 0.409. The molecular weight excluding hydrogens is 199 g/mol.